The highest BCUT2D eigenvalue weighted by atomic mass is 32.2. The first-order valence-corrected chi connectivity index (χ1v) is 6.82. The molecule has 0 atom stereocenters. The van der Waals surface area contributed by atoms with Crippen LogP contribution in [0.5, 0.6) is 0 Å². The van der Waals surface area contributed by atoms with E-state index in [0.717, 1.165) is 6.07 Å². The molecule has 6 nitrogen and oxygen atoms in total. The molecule has 0 saturated heterocycles. The lowest BCUT2D eigenvalue weighted by Gasteiger charge is -2.07. The number of carbonyl (C=O) groups is 2. The van der Waals surface area contributed by atoms with E-state index in [9.17, 15) is 18.0 Å². The third-order valence-corrected chi connectivity index (χ3v) is 4.54. The Bertz CT molecular complexity index is 644. The van der Waals surface area contributed by atoms with Crippen LogP contribution in [0.25, 0.3) is 0 Å². The van der Waals surface area contributed by atoms with E-state index in [-0.39, 0.29) is 33.9 Å². The van der Waals surface area contributed by atoms with Crippen molar-refractivity contribution < 1.29 is 27.9 Å². The zero-order valence-electron chi connectivity index (χ0n) is 9.47. The molecular weight excluding hydrogens is 260 g/mol. The fourth-order valence-electron chi connectivity index (χ4n) is 1.82. The van der Waals surface area contributed by atoms with Gasteiger partial charge in [0.1, 0.15) is 6.61 Å². The zero-order valence-corrected chi connectivity index (χ0v) is 10.3. The van der Waals surface area contributed by atoms with Gasteiger partial charge in [0.2, 0.25) is 0 Å². The third-order valence-electron chi connectivity index (χ3n) is 2.77. The molecular formula is C11H10O6S. The second-order valence-corrected chi connectivity index (χ2v) is 6.00. The van der Waals surface area contributed by atoms with E-state index in [2.05, 4.69) is 0 Å². The highest BCUT2D eigenvalue weighted by molar-refractivity contribution is 7.91. The standard InChI is InChI=1S/C11H10O6S/c1-2-18(15,16)8-4-3-6(10(12)13)7-5-17-11(14)9(7)8/h3-4H,2,5H2,1H3,(H,12,13). The van der Waals surface area contributed by atoms with Gasteiger partial charge < -0.3 is 9.84 Å². The van der Waals surface area contributed by atoms with Gasteiger partial charge in [0.05, 0.1) is 21.8 Å². The van der Waals surface area contributed by atoms with Crippen LogP contribution in [0.3, 0.4) is 0 Å². The second kappa shape index (κ2) is 4.09. The van der Waals surface area contributed by atoms with Crippen LogP contribution in [-0.2, 0) is 21.2 Å². The van der Waals surface area contributed by atoms with Crippen molar-refractivity contribution in [2.24, 2.45) is 0 Å². The Hall–Kier alpha value is -1.89. The summed E-state index contributed by atoms with van der Waals surface area (Å²) < 4.78 is 28.4. The van der Waals surface area contributed by atoms with E-state index in [0.29, 0.717) is 0 Å². The number of rotatable bonds is 3. The van der Waals surface area contributed by atoms with Crippen LogP contribution in [-0.4, -0.2) is 31.2 Å². The minimum absolute atomic E-state index is 0.106. The molecule has 1 heterocycles. The number of fused-ring (bicyclic) bond motifs is 1. The van der Waals surface area contributed by atoms with Gasteiger partial charge in [-0.2, -0.15) is 0 Å². The van der Waals surface area contributed by atoms with Gasteiger partial charge in [-0.05, 0) is 12.1 Å². The molecule has 18 heavy (non-hydrogen) atoms. The van der Waals surface area contributed by atoms with Gasteiger partial charge in [-0.15, -0.1) is 0 Å². The van der Waals surface area contributed by atoms with Crippen LogP contribution >= 0.6 is 0 Å². The number of carbonyl (C=O) groups excluding carboxylic acids is 1. The molecule has 96 valence electrons. The maximum absolute atomic E-state index is 11.8. The minimum atomic E-state index is -3.59. The molecule has 0 fully saturated rings. The fourth-order valence-corrected chi connectivity index (χ4v) is 2.93. The number of hydrogen-bond donors (Lipinski definition) is 1. The lowest BCUT2D eigenvalue weighted by molar-refractivity contribution is 0.0528. The van der Waals surface area contributed by atoms with Crippen LogP contribution < -0.4 is 0 Å². The minimum Gasteiger partial charge on any atom is -0.478 e. The molecule has 0 spiro atoms. The molecule has 1 aromatic carbocycles. The van der Waals surface area contributed by atoms with Crippen LogP contribution in [0.2, 0.25) is 0 Å². The number of carboxylic acids is 1. The molecule has 1 N–H and O–H groups in total. The van der Waals surface area contributed by atoms with Gasteiger partial charge in [0.25, 0.3) is 0 Å². The van der Waals surface area contributed by atoms with Crippen molar-refractivity contribution in [2.75, 3.05) is 5.75 Å². The van der Waals surface area contributed by atoms with E-state index >= 15 is 0 Å². The average molecular weight is 270 g/mol. The first-order valence-electron chi connectivity index (χ1n) is 5.17. The van der Waals surface area contributed by atoms with Crippen LogP contribution in [0.1, 0.15) is 33.2 Å². The number of carboxylic acid groups (broad SMARTS) is 1. The summed E-state index contributed by atoms with van der Waals surface area (Å²) >= 11 is 0. The zero-order chi connectivity index (χ0) is 13.5. The van der Waals surface area contributed by atoms with Crippen molar-refractivity contribution in [3.05, 3.63) is 28.8 Å². The Morgan fingerprint density at radius 1 is 1.44 bits per heavy atom. The maximum Gasteiger partial charge on any atom is 0.340 e. The van der Waals surface area contributed by atoms with Crippen molar-refractivity contribution in [2.45, 2.75) is 18.4 Å². The van der Waals surface area contributed by atoms with Gasteiger partial charge in [-0.3, -0.25) is 0 Å². The Morgan fingerprint density at radius 3 is 2.67 bits per heavy atom. The summed E-state index contributed by atoms with van der Waals surface area (Å²) in [6.07, 6.45) is 0. The maximum atomic E-state index is 11.8. The number of esters is 1. The lowest BCUT2D eigenvalue weighted by atomic mass is 10.0. The summed E-state index contributed by atoms with van der Waals surface area (Å²) in [5, 5.41) is 8.97. The van der Waals surface area contributed by atoms with Crippen molar-refractivity contribution in [3.8, 4) is 0 Å². The normalized spacial score (nSPS) is 14.2. The molecule has 1 aliphatic heterocycles. The molecule has 0 aliphatic carbocycles. The summed E-state index contributed by atoms with van der Waals surface area (Å²) in [5.74, 6) is -2.18. The second-order valence-electron chi connectivity index (χ2n) is 3.75. The molecule has 0 aromatic heterocycles. The van der Waals surface area contributed by atoms with E-state index in [1.807, 2.05) is 0 Å². The Labute approximate surface area is 103 Å². The van der Waals surface area contributed by atoms with E-state index in [1.54, 1.807) is 0 Å². The number of cyclic esters (lactones) is 1. The third kappa shape index (κ3) is 1.76. The molecule has 0 bridgehead atoms. The molecule has 0 saturated carbocycles. The largest absolute Gasteiger partial charge is 0.478 e. The van der Waals surface area contributed by atoms with Crippen LogP contribution in [0.4, 0.5) is 0 Å². The average Bonchev–Trinajstić information content (AvgIpc) is 2.70. The van der Waals surface area contributed by atoms with Crippen molar-refractivity contribution in [1.29, 1.82) is 0 Å². The van der Waals surface area contributed by atoms with Crippen molar-refractivity contribution in [3.63, 3.8) is 0 Å². The van der Waals surface area contributed by atoms with E-state index < -0.39 is 21.8 Å². The van der Waals surface area contributed by atoms with Crippen LogP contribution in [0, 0.1) is 0 Å². The highest BCUT2D eigenvalue weighted by Crippen LogP contribution is 2.30. The lowest BCUT2D eigenvalue weighted by Crippen LogP contribution is -2.12. The fraction of sp³-hybridized carbons (Fsp3) is 0.273. The highest BCUT2D eigenvalue weighted by Gasteiger charge is 2.33. The quantitative estimate of drug-likeness (QED) is 0.817. The molecule has 0 unspecified atom stereocenters. The predicted molar refractivity (Wildman–Crippen MR) is 60.2 cm³/mol. The van der Waals surface area contributed by atoms with E-state index in [4.69, 9.17) is 9.84 Å². The monoisotopic (exact) mass is 270 g/mol. The summed E-state index contributed by atoms with van der Waals surface area (Å²) in [6, 6.07) is 2.33. The van der Waals surface area contributed by atoms with Gasteiger partial charge in [-0.1, -0.05) is 6.92 Å². The van der Waals surface area contributed by atoms with Gasteiger partial charge >= 0.3 is 11.9 Å². The Balaban J connectivity index is 2.78. The number of aromatic carboxylic acids is 1. The van der Waals surface area contributed by atoms with Gasteiger partial charge in [0.15, 0.2) is 9.84 Å². The molecule has 2 rings (SSSR count). The smallest absolute Gasteiger partial charge is 0.340 e. The van der Waals surface area contributed by atoms with Crippen molar-refractivity contribution >= 4 is 21.8 Å². The predicted octanol–water partition coefficient (Wildman–Crippen LogP) is 0.849. The van der Waals surface area contributed by atoms with Crippen LogP contribution in [0.15, 0.2) is 17.0 Å². The summed E-state index contributed by atoms with van der Waals surface area (Å²) in [5.41, 5.74) is -0.121. The number of ether oxygens (including phenoxy) is 1. The molecule has 1 aromatic rings. The summed E-state index contributed by atoms with van der Waals surface area (Å²) in [7, 11) is -3.59. The first kappa shape index (κ1) is 12.6. The van der Waals surface area contributed by atoms with E-state index in [1.165, 1.54) is 13.0 Å². The topological polar surface area (TPSA) is 97.7 Å². The molecule has 0 radical (unpaired) electrons. The summed E-state index contributed by atoms with van der Waals surface area (Å²) in [4.78, 5) is 22.4. The number of benzene rings is 1. The molecule has 0 amide bonds. The number of sulfone groups is 1. The number of hydrogen-bond acceptors (Lipinski definition) is 5. The Kier molecular flexibility index (Phi) is 2.86. The van der Waals surface area contributed by atoms with Crippen molar-refractivity contribution in [1.82, 2.24) is 0 Å². The molecule has 7 heteroatoms. The molecule has 1 aliphatic rings. The van der Waals surface area contributed by atoms with Gasteiger partial charge in [-0.25, -0.2) is 18.0 Å². The Morgan fingerprint density at radius 2 is 2.11 bits per heavy atom. The van der Waals surface area contributed by atoms with Gasteiger partial charge in [0, 0.05) is 5.56 Å². The SMILES string of the molecule is CCS(=O)(=O)c1ccc(C(=O)O)c2c1C(=O)OC2. The summed E-state index contributed by atoms with van der Waals surface area (Å²) in [6.45, 7) is 1.25. The first-order chi connectivity index (χ1) is 8.38.